The number of amidine groups is 1. The Balaban J connectivity index is 2.40. The summed E-state index contributed by atoms with van der Waals surface area (Å²) in [6.07, 6.45) is 1.61. The van der Waals surface area contributed by atoms with E-state index in [1.165, 1.54) is 16.3 Å². The lowest BCUT2D eigenvalue weighted by molar-refractivity contribution is 0.660. The van der Waals surface area contributed by atoms with Crippen molar-refractivity contribution in [3.8, 4) is 0 Å². The molecule has 2 heterocycles. The third kappa shape index (κ3) is 2.28. The molecule has 7 nitrogen and oxygen atoms in total. The van der Waals surface area contributed by atoms with E-state index in [0.29, 0.717) is 22.3 Å². The fourth-order valence-corrected chi connectivity index (χ4v) is 2.41. The van der Waals surface area contributed by atoms with Crippen molar-refractivity contribution in [1.29, 1.82) is 5.41 Å². The first-order chi connectivity index (χ1) is 8.63. The van der Waals surface area contributed by atoms with Crippen molar-refractivity contribution in [1.82, 2.24) is 19.7 Å². The highest BCUT2D eigenvalue weighted by atomic mass is 32.2. The van der Waals surface area contributed by atoms with Crippen LogP contribution in [-0.2, 0) is 6.54 Å². The van der Waals surface area contributed by atoms with Gasteiger partial charge in [-0.2, -0.15) is 0 Å². The molecule has 0 saturated carbocycles. The van der Waals surface area contributed by atoms with E-state index in [2.05, 4.69) is 15.2 Å². The van der Waals surface area contributed by atoms with Crippen LogP contribution in [0.1, 0.15) is 12.5 Å². The minimum absolute atomic E-state index is 0.0634. The lowest BCUT2D eigenvalue weighted by Crippen LogP contribution is -2.16. The van der Waals surface area contributed by atoms with Gasteiger partial charge in [0, 0.05) is 18.3 Å². The molecule has 0 atom stereocenters. The number of aromatic nitrogens is 4. The number of rotatable bonds is 4. The molecule has 0 fully saturated rings. The number of aromatic amines is 1. The second kappa shape index (κ2) is 5.05. The van der Waals surface area contributed by atoms with Crippen molar-refractivity contribution in [2.75, 3.05) is 0 Å². The molecule has 0 spiro atoms. The topological polar surface area (TPSA) is 113 Å². The largest absolute Gasteiger partial charge is 0.384 e. The number of pyridine rings is 1. The van der Waals surface area contributed by atoms with Crippen molar-refractivity contribution < 1.29 is 0 Å². The van der Waals surface area contributed by atoms with Gasteiger partial charge in [0.1, 0.15) is 10.9 Å². The number of H-pyrrole nitrogens is 1. The normalized spacial score (nSPS) is 10.5. The summed E-state index contributed by atoms with van der Waals surface area (Å²) < 4.78 is 1.49. The second-order valence-electron chi connectivity index (χ2n) is 3.43. The summed E-state index contributed by atoms with van der Waals surface area (Å²) in [5, 5.41) is 14.8. The van der Waals surface area contributed by atoms with Crippen molar-refractivity contribution in [3.05, 3.63) is 34.4 Å². The Morgan fingerprint density at radius 3 is 3.11 bits per heavy atom. The number of nitrogens with two attached hydrogens (primary N) is 1. The van der Waals surface area contributed by atoms with Crippen molar-refractivity contribution in [2.24, 2.45) is 5.73 Å². The Kier molecular flexibility index (Phi) is 3.47. The zero-order valence-corrected chi connectivity index (χ0v) is 10.5. The van der Waals surface area contributed by atoms with E-state index >= 15 is 0 Å². The molecule has 0 radical (unpaired) electrons. The number of nitrogens with one attached hydrogen (secondary N) is 2. The van der Waals surface area contributed by atoms with Gasteiger partial charge in [0.25, 0.3) is 0 Å². The summed E-state index contributed by atoms with van der Waals surface area (Å²) in [6, 6.07) is 3.41. The number of hydrogen-bond acceptors (Lipinski definition) is 5. The quantitative estimate of drug-likeness (QED) is 0.547. The molecular formula is C10H12N6OS. The minimum Gasteiger partial charge on any atom is -0.384 e. The van der Waals surface area contributed by atoms with E-state index < -0.39 is 0 Å². The molecule has 0 aliphatic heterocycles. The maximum Gasteiger partial charge on any atom is 0.343 e. The predicted molar refractivity (Wildman–Crippen MR) is 67.9 cm³/mol. The molecule has 0 aliphatic carbocycles. The standard InChI is InChI=1S/C10H12N6OS/c1-2-16-9(17)14-15-10(16)18-8-6(7(11)12)4-3-5-13-8/h3-5H,2H2,1H3,(H3,11,12)(H,14,17). The molecular weight excluding hydrogens is 252 g/mol. The molecule has 2 rings (SSSR count). The summed E-state index contributed by atoms with van der Waals surface area (Å²) in [4.78, 5) is 15.6. The van der Waals surface area contributed by atoms with E-state index in [9.17, 15) is 4.79 Å². The van der Waals surface area contributed by atoms with Gasteiger partial charge in [0.15, 0.2) is 5.16 Å². The molecule has 0 unspecified atom stereocenters. The van der Waals surface area contributed by atoms with Gasteiger partial charge in [-0.1, -0.05) is 0 Å². The van der Waals surface area contributed by atoms with Crippen LogP contribution in [0.4, 0.5) is 0 Å². The third-order valence-corrected chi connectivity index (χ3v) is 3.30. The lowest BCUT2D eigenvalue weighted by atomic mass is 10.3. The van der Waals surface area contributed by atoms with Gasteiger partial charge in [-0.3, -0.25) is 9.98 Å². The third-order valence-electron chi connectivity index (χ3n) is 2.29. The maximum atomic E-state index is 11.4. The molecule has 0 aromatic carbocycles. The van der Waals surface area contributed by atoms with Gasteiger partial charge < -0.3 is 5.73 Å². The van der Waals surface area contributed by atoms with E-state index in [0.717, 1.165) is 0 Å². The van der Waals surface area contributed by atoms with Crippen molar-refractivity contribution in [3.63, 3.8) is 0 Å². The van der Waals surface area contributed by atoms with Crippen LogP contribution in [-0.4, -0.2) is 25.6 Å². The van der Waals surface area contributed by atoms with Gasteiger partial charge in [-0.15, -0.1) is 5.10 Å². The molecule has 2 aromatic heterocycles. The Hall–Kier alpha value is -2.09. The van der Waals surface area contributed by atoms with Crippen molar-refractivity contribution >= 4 is 17.6 Å². The summed E-state index contributed by atoms with van der Waals surface area (Å²) in [5.74, 6) is -0.0634. The number of nitrogen functional groups attached to an aromatic ring is 1. The van der Waals surface area contributed by atoms with Crippen LogP contribution in [0.5, 0.6) is 0 Å². The minimum atomic E-state index is -0.264. The van der Waals surface area contributed by atoms with Crippen LogP contribution < -0.4 is 11.4 Å². The van der Waals surface area contributed by atoms with Crippen LogP contribution >= 0.6 is 11.8 Å². The summed E-state index contributed by atoms with van der Waals surface area (Å²) in [7, 11) is 0. The molecule has 94 valence electrons. The Labute approximate surface area is 107 Å². The molecule has 8 heteroatoms. The van der Waals surface area contributed by atoms with Gasteiger partial charge in [0.05, 0.1) is 0 Å². The smallest absolute Gasteiger partial charge is 0.343 e. The van der Waals surface area contributed by atoms with Crippen LogP contribution in [0.15, 0.2) is 33.3 Å². The van der Waals surface area contributed by atoms with E-state index in [1.807, 2.05) is 6.92 Å². The number of nitrogens with zero attached hydrogens (tertiary/aromatic N) is 3. The highest BCUT2D eigenvalue weighted by molar-refractivity contribution is 7.99. The van der Waals surface area contributed by atoms with Gasteiger partial charge >= 0.3 is 5.69 Å². The fraction of sp³-hybridized carbons (Fsp3) is 0.200. The average Bonchev–Trinajstić information content (AvgIpc) is 2.70. The zero-order valence-electron chi connectivity index (χ0n) is 9.67. The predicted octanol–water partition coefficient (Wildman–Crippen LogP) is 0.422. The van der Waals surface area contributed by atoms with Crippen LogP contribution in [0.25, 0.3) is 0 Å². The van der Waals surface area contributed by atoms with Crippen LogP contribution in [0.2, 0.25) is 0 Å². The molecule has 4 N–H and O–H groups in total. The van der Waals surface area contributed by atoms with Crippen LogP contribution in [0.3, 0.4) is 0 Å². The van der Waals surface area contributed by atoms with Gasteiger partial charge in [0.2, 0.25) is 0 Å². The zero-order chi connectivity index (χ0) is 13.1. The first-order valence-corrected chi connectivity index (χ1v) is 6.07. The van der Waals surface area contributed by atoms with Gasteiger partial charge in [-0.05, 0) is 30.8 Å². The highest BCUT2D eigenvalue weighted by Crippen LogP contribution is 2.25. The molecule has 0 aliphatic rings. The molecule has 0 saturated heterocycles. The molecule has 0 amide bonds. The maximum absolute atomic E-state index is 11.4. The molecule has 18 heavy (non-hydrogen) atoms. The van der Waals surface area contributed by atoms with E-state index in [4.69, 9.17) is 11.1 Å². The summed E-state index contributed by atoms with van der Waals surface area (Å²) in [5.41, 5.74) is 5.74. The summed E-state index contributed by atoms with van der Waals surface area (Å²) >= 11 is 1.20. The monoisotopic (exact) mass is 264 g/mol. The van der Waals surface area contributed by atoms with Crippen molar-refractivity contribution in [2.45, 2.75) is 23.7 Å². The highest BCUT2D eigenvalue weighted by Gasteiger charge is 2.13. The summed E-state index contributed by atoms with van der Waals surface area (Å²) in [6.45, 7) is 2.37. The Bertz CT molecular complexity index is 631. The van der Waals surface area contributed by atoms with Crippen LogP contribution in [0, 0.1) is 5.41 Å². The average molecular weight is 264 g/mol. The lowest BCUT2D eigenvalue weighted by Gasteiger charge is -2.05. The first kappa shape index (κ1) is 12.4. The SMILES string of the molecule is CCn1c(Sc2ncccc2C(=N)N)n[nH]c1=O. The van der Waals surface area contributed by atoms with E-state index in [-0.39, 0.29) is 11.5 Å². The fourth-order valence-electron chi connectivity index (χ4n) is 1.42. The Morgan fingerprint density at radius 2 is 2.44 bits per heavy atom. The van der Waals surface area contributed by atoms with Gasteiger partial charge in [-0.25, -0.2) is 14.9 Å². The number of hydrogen-bond donors (Lipinski definition) is 3. The first-order valence-electron chi connectivity index (χ1n) is 5.26. The molecule has 0 bridgehead atoms. The van der Waals surface area contributed by atoms with E-state index in [1.54, 1.807) is 18.3 Å². The second-order valence-corrected chi connectivity index (χ2v) is 4.38. The Morgan fingerprint density at radius 1 is 1.67 bits per heavy atom. The molecule has 2 aromatic rings.